The van der Waals surface area contributed by atoms with Crippen LogP contribution in [0.5, 0.6) is 0 Å². The number of benzene rings is 1. The Kier molecular flexibility index (Phi) is 6.89. The molecule has 0 saturated heterocycles. The first kappa shape index (κ1) is 18.2. The third-order valence-electron chi connectivity index (χ3n) is 4.18. The van der Waals surface area contributed by atoms with Crippen molar-refractivity contribution in [2.24, 2.45) is 5.92 Å². The lowest BCUT2D eigenvalue weighted by Gasteiger charge is -2.33. The van der Waals surface area contributed by atoms with Gasteiger partial charge in [0.25, 0.3) is 0 Å². The van der Waals surface area contributed by atoms with Gasteiger partial charge in [-0.15, -0.1) is 0 Å². The SMILES string of the molecule is CNC(CN(CC(C)C)C(C)C)c1c(C)cc(C)cc1C. The topological polar surface area (TPSA) is 15.3 Å². The Labute approximate surface area is 131 Å². The molecule has 0 radical (unpaired) electrons. The molecular weight excluding hydrogens is 256 g/mol. The molecule has 21 heavy (non-hydrogen) atoms. The smallest absolute Gasteiger partial charge is 0.0452 e. The molecule has 0 bridgehead atoms. The number of hydrogen-bond donors (Lipinski definition) is 1. The quantitative estimate of drug-likeness (QED) is 0.808. The Morgan fingerprint density at radius 1 is 0.952 bits per heavy atom. The van der Waals surface area contributed by atoms with Crippen LogP contribution in [0.2, 0.25) is 0 Å². The van der Waals surface area contributed by atoms with Gasteiger partial charge in [-0.3, -0.25) is 4.90 Å². The number of aryl methyl sites for hydroxylation is 3. The molecule has 0 aromatic heterocycles. The van der Waals surface area contributed by atoms with E-state index in [2.05, 4.69) is 77.9 Å². The van der Waals surface area contributed by atoms with Crippen molar-refractivity contribution in [3.63, 3.8) is 0 Å². The van der Waals surface area contributed by atoms with Gasteiger partial charge in [-0.25, -0.2) is 0 Å². The van der Waals surface area contributed by atoms with Gasteiger partial charge >= 0.3 is 0 Å². The molecule has 1 rings (SSSR count). The lowest BCUT2D eigenvalue weighted by molar-refractivity contribution is 0.179. The van der Waals surface area contributed by atoms with E-state index in [9.17, 15) is 0 Å². The van der Waals surface area contributed by atoms with Crippen LogP contribution >= 0.6 is 0 Å². The van der Waals surface area contributed by atoms with Crippen LogP contribution in [0.15, 0.2) is 12.1 Å². The van der Waals surface area contributed by atoms with Gasteiger partial charge < -0.3 is 5.32 Å². The molecule has 0 aliphatic carbocycles. The standard InChI is InChI=1S/C19H34N2/c1-13(2)11-21(14(3)4)12-18(20-8)19-16(6)9-15(5)10-17(19)7/h9-10,13-14,18,20H,11-12H2,1-8H3. The molecular formula is C19H34N2. The summed E-state index contributed by atoms with van der Waals surface area (Å²) in [4.78, 5) is 2.59. The molecule has 0 saturated carbocycles. The van der Waals surface area contributed by atoms with Gasteiger partial charge in [-0.05, 0) is 64.3 Å². The molecule has 1 aromatic carbocycles. The van der Waals surface area contributed by atoms with Crippen LogP contribution in [0.1, 0.15) is 56.0 Å². The van der Waals surface area contributed by atoms with Crippen LogP contribution in [-0.2, 0) is 0 Å². The van der Waals surface area contributed by atoms with Crippen LogP contribution in [0.4, 0.5) is 0 Å². The van der Waals surface area contributed by atoms with E-state index >= 15 is 0 Å². The van der Waals surface area contributed by atoms with E-state index in [1.807, 2.05) is 0 Å². The second-order valence-corrected chi connectivity index (χ2v) is 7.10. The molecule has 0 heterocycles. The molecule has 0 fully saturated rings. The highest BCUT2D eigenvalue weighted by atomic mass is 15.2. The van der Waals surface area contributed by atoms with Gasteiger partial charge in [0.2, 0.25) is 0 Å². The number of nitrogens with zero attached hydrogens (tertiary/aromatic N) is 1. The highest BCUT2D eigenvalue weighted by molar-refractivity contribution is 5.39. The molecule has 1 N–H and O–H groups in total. The van der Waals surface area contributed by atoms with Crippen molar-refractivity contribution in [2.75, 3.05) is 20.1 Å². The molecule has 2 heteroatoms. The van der Waals surface area contributed by atoms with Crippen molar-refractivity contribution in [1.82, 2.24) is 10.2 Å². The highest BCUT2D eigenvalue weighted by Gasteiger charge is 2.20. The largest absolute Gasteiger partial charge is 0.312 e. The molecule has 1 atom stereocenters. The van der Waals surface area contributed by atoms with Gasteiger partial charge in [0.1, 0.15) is 0 Å². The fourth-order valence-corrected chi connectivity index (χ4v) is 3.27. The minimum atomic E-state index is 0.395. The molecule has 1 aromatic rings. The van der Waals surface area contributed by atoms with Crippen LogP contribution in [-0.4, -0.2) is 31.1 Å². The summed E-state index contributed by atoms with van der Waals surface area (Å²) in [6, 6.07) is 5.57. The molecule has 120 valence electrons. The van der Waals surface area contributed by atoms with Crippen LogP contribution in [0.25, 0.3) is 0 Å². The lowest BCUT2D eigenvalue weighted by atomic mass is 9.93. The summed E-state index contributed by atoms with van der Waals surface area (Å²) in [5, 5.41) is 3.54. The van der Waals surface area contributed by atoms with E-state index < -0.39 is 0 Å². The molecule has 2 nitrogen and oxygen atoms in total. The van der Waals surface area contributed by atoms with E-state index in [1.54, 1.807) is 0 Å². The summed E-state index contributed by atoms with van der Waals surface area (Å²) in [6.45, 7) is 18.1. The van der Waals surface area contributed by atoms with Crippen LogP contribution in [0, 0.1) is 26.7 Å². The normalized spacial score (nSPS) is 13.5. The lowest BCUT2D eigenvalue weighted by Crippen LogP contribution is -2.40. The minimum absolute atomic E-state index is 0.395. The summed E-state index contributed by atoms with van der Waals surface area (Å²) in [6.07, 6.45) is 0. The maximum absolute atomic E-state index is 3.54. The van der Waals surface area contributed by atoms with E-state index in [-0.39, 0.29) is 0 Å². The van der Waals surface area contributed by atoms with Crippen molar-refractivity contribution in [3.8, 4) is 0 Å². The summed E-state index contributed by atoms with van der Waals surface area (Å²) in [5.41, 5.74) is 5.63. The zero-order valence-corrected chi connectivity index (χ0v) is 15.2. The van der Waals surface area contributed by atoms with Crippen molar-refractivity contribution in [2.45, 2.75) is 60.5 Å². The molecule has 0 aliphatic rings. The van der Waals surface area contributed by atoms with Crippen LogP contribution < -0.4 is 5.32 Å². The first-order valence-corrected chi connectivity index (χ1v) is 8.25. The van der Waals surface area contributed by atoms with Crippen molar-refractivity contribution < 1.29 is 0 Å². The number of hydrogen-bond acceptors (Lipinski definition) is 2. The van der Waals surface area contributed by atoms with E-state index in [0.717, 1.165) is 13.1 Å². The minimum Gasteiger partial charge on any atom is -0.312 e. The summed E-state index contributed by atoms with van der Waals surface area (Å²) in [7, 11) is 2.08. The Morgan fingerprint density at radius 2 is 1.48 bits per heavy atom. The molecule has 0 amide bonds. The Hall–Kier alpha value is -0.860. The fraction of sp³-hybridized carbons (Fsp3) is 0.684. The maximum atomic E-state index is 3.54. The first-order valence-electron chi connectivity index (χ1n) is 8.25. The third kappa shape index (κ3) is 5.12. The van der Waals surface area contributed by atoms with E-state index in [0.29, 0.717) is 18.0 Å². The third-order valence-corrected chi connectivity index (χ3v) is 4.18. The number of nitrogens with one attached hydrogen (secondary N) is 1. The second-order valence-electron chi connectivity index (χ2n) is 7.10. The fourth-order valence-electron chi connectivity index (χ4n) is 3.27. The monoisotopic (exact) mass is 290 g/mol. The van der Waals surface area contributed by atoms with Crippen molar-refractivity contribution in [3.05, 3.63) is 34.4 Å². The zero-order valence-electron chi connectivity index (χ0n) is 15.2. The first-order chi connectivity index (χ1) is 9.76. The molecule has 1 unspecified atom stereocenters. The van der Waals surface area contributed by atoms with E-state index in [4.69, 9.17) is 0 Å². The Bertz CT molecular complexity index is 426. The van der Waals surface area contributed by atoms with Gasteiger partial charge in [-0.2, -0.15) is 0 Å². The average molecular weight is 290 g/mol. The number of rotatable bonds is 7. The summed E-state index contributed by atoms with van der Waals surface area (Å²) in [5.74, 6) is 0.699. The highest BCUT2D eigenvalue weighted by Crippen LogP contribution is 2.25. The summed E-state index contributed by atoms with van der Waals surface area (Å²) >= 11 is 0. The number of likely N-dealkylation sites (N-methyl/N-ethyl adjacent to an activating group) is 1. The zero-order chi connectivity index (χ0) is 16.2. The predicted octanol–water partition coefficient (Wildman–Crippen LogP) is 4.24. The summed E-state index contributed by atoms with van der Waals surface area (Å²) < 4.78 is 0. The molecule has 0 aliphatic heterocycles. The predicted molar refractivity (Wildman–Crippen MR) is 94.0 cm³/mol. The van der Waals surface area contributed by atoms with Gasteiger partial charge in [0.05, 0.1) is 0 Å². The maximum Gasteiger partial charge on any atom is 0.0452 e. The van der Waals surface area contributed by atoms with Crippen molar-refractivity contribution >= 4 is 0 Å². The van der Waals surface area contributed by atoms with Gasteiger partial charge in [-0.1, -0.05) is 31.5 Å². The van der Waals surface area contributed by atoms with Crippen molar-refractivity contribution in [1.29, 1.82) is 0 Å². The van der Waals surface area contributed by atoms with Crippen LogP contribution in [0.3, 0.4) is 0 Å². The Morgan fingerprint density at radius 3 is 1.86 bits per heavy atom. The average Bonchev–Trinajstić information content (AvgIpc) is 2.34. The Balaban J connectivity index is 3.02. The molecule has 0 spiro atoms. The van der Waals surface area contributed by atoms with Gasteiger partial charge in [0.15, 0.2) is 0 Å². The van der Waals surface area contributed by atoms with Gasteiger partial charge in [0, 0.05) is 25.2 Å². The second kappa shape index (κ2) is 7.95. The van der Waals surface area contributed by atoms with E-state index in [1.165, 1.54) is 22.3 Å².